The molecule has 0 saturated carbocycles. The fourth-order valence-electron chi connectivity index (χ4n) is 0.249. The maximum absolute atomic E-state index is 8.08. The van der Waals surface area contributed by atoms with E-state index < -0.39 is 8.32 Å². The molecule has 0 rings (SSSR count). The van der Waals surface area contributed by atoms with Crippen LogP contribution in [-0.4, -0.2) is 14.9 Å². The van der Waals surface area contributed by atoms with E-state index in [9.17, 15) is 0 Å². The Balaban J connectivity index is 3.28. The van der Waals surface area contributed by atoms with Crippen LogP contribution in [0.5, 0.6) is 0 Å². The Morgan fingerprint density at radius 3 is 2.12 bits per heavy atom. The van der Waals surface area contributed by atoms with Gasteiger partial charge in [0.05, 0.1) is 6.07 Å². The van der Waals surface area contributed by atoms with Gasteiger partial charge in [0.1, 0.15) is 6.61 Å². The summed E-state index contributed by atoms with van der Waals surface area (Å²) >= 11 is 0. The number of nitriles is 1. The summed E-state index contributed by atoms with van der Waals surface area (Å²) in [4.78, 5) is 0. The van der Waals surface area contributed by atoms with Crippen LogP contribution in [0.4, 0.5) is 0 Å². The zero-order valence-corrected chi connectivity index (χ0v) is 6.56. The second kappa shape index (κ2) is 2.85. The highest BCUT2D eigenvalue weighted by Crippen LogP contribution is 2.00. The van der Waals surface area contributed by atoms with Gasteiger partial charge in [0.15, 0.2) is 8.32 Å². The van der Waals surface area contributed by atoms with Gasteiger partial charge in [-0.2, -0.15) is 5.26 Å². The Bertz CT molecular complexity index is 100.0. The minimum absolute atomic E-state index is 0.246. The zero-order valence-electron chi connectivity index (χ0n) is 5.56. The zero-order chi connectivity index (χ0) is 6.62. The summed E-state index contributed by atoms with van der Waals surface area (Å²) in [6, 6.07) is 1.94. The molecule has 3 heteroatoms. The molecule has 0 aliphatic rings. The Kier molecular flexibility index (Phi) is 2.73. The van der Waals surface area contributed by atoms with Gasteiger partial charge in [-0.05, 0) is 19.6 Å². The quantitative estimate of drug-likeness (QED) is 0.527. The van der Waals surface area contributed by atoms with E-state index in [1.54, 1.807) is 0 Å². The molecule has 0 heterocycles. The standard InChI is InChI=1S/C5H11NOSi/c1-8(2,3)7-5-4-6/h5H2,1-3H3. The topological polar surface area (TPSA) is 33.0 Å². The summed E-state index contributed by atoms with van der Waals surface area (Å²) in [6.07, 6.45) is 0. The van der Waals surface area contributed by atoms with Crippen LogP contribution in [0.25, 0.3) is 0 Å². The highest BCUT2D eigenvalue weighted by Gasteiger charge is 2.12. The normalized spacial score (nSPS) is 10.8. The lowest BCUT2D eigenvalue weighted by Gasteiger charge is -2.12. The Morgan fingerprint density at radius 2 is 2.00 bits per heavy atom. The third-order valence-corrected chi connectivity index (χ3v) is 1.58. The Labute approximate surface area is 51.2 Å². The van der Waals surface area contributed by atoms with Gasteiger partial charge < -0.3 is 4.43 Å². The molecule has 0 unspecified atom stereocenters. The molecular formula is C5H11NOSi. The molecule has 0 bridgehead atoms. The van der Waals surface area contributed by atoms with E-state index in [4.69, 9.17) is 9.69 Å². The first-order valence-electron chi connectivity index (χ1n) is 2.57. The van der Waals surface area contributed by atoms with E-state index in [0.717, 1.165) is 0 Å². The van der Waals surface area contributed by atoms with Crippen molar-refractivity contribution in [3.8, 4) is 6.07 Å². The molecule has 0 aromatic carbocycles. The smallest absolute Gasteiger partial charge is 0.185 e. The van der Waals surface area contributed by atoms with Gasteiger partial charge in [-0.3, -0.25) is 0 Å². The predicted molar refractivity (Wildman–Crippen MR) is 34.9 cm³/mol. The number of hydrogen-bond donors (Lipinski definition) is 0. The fourth-order valence-corrected chi connectivity index (χ4v) is 0.746. The van der Waals surface area contributed by atoms with Crippen LogP contribution in [0.15, 0.2) is 0 Å². The van der Waals surface area contributed by atoms with Gasteiger partial charge in [-0.15, -0.1) is 0 Å². The maximum Gasteiger partial charge on any atom is 0.185 e. The summed E-state index contributed by atoms with van der Waals surface area (Å²) < 4.78 is 5.16. The van der Waals surface area contributed by atoms with Crippen molar-refractivity contribution in [1.82, 2.24) is 0 Å². The summed E-state index contributed by atoms with van der Waals surface area (Å²) in [5.74, 6) is 0. The predicted octanol–water partition coefficient (Wildman–Crippen LogP) is 1.36. The van der Waals surface area contributed by atoms with Crippen LogP contribution >= 0.6 is 0 Å². The van der Waals surface area contributed by atoms with Crippen molar-refractivity contribution in [2.45, 2.75) is 19.6 Å². The van der Waals surface area contributed by atoms with Gasteiger partial charge in [-0.1, -0.05) is 0 Å². The van der Waals surface area contributed by atoms with Crippen molar-refractivity contribution in [3.05, 3.63) is 0 Å². The van der Waals surface area contributed by atoms with Crippen LogP contribution in [0.1, 0.15) is 0 Å². The molecule has 0 aliphatic heterocycles. The average molecular weight is 129 g/mol. The van der Waals surface area contributed by atoms with Gasteiger partial charge in [0.25, 0.3) is 0 Å². The fraction of sp³-hybridized carbons (Fsp3) is 0.800. The van der Waals surface area contributed by atoms with Gasteiger partial charge in [0.2, 0.25) is 0 Å². The molecule has 46 valence electrons. The van der Waals surface area contributed by atoms with E-state index in [1.165, 1.54) is 0 Å². The van der Waals surface area contributed by atoms with E-state index in [2.05, 4.69) is 19.6 Å². The maximum atomic E-state index is 8.08. The highest BCUT2D eigenvalue weighted by molar-refractivity contribution is 6.69. The Morgan fingerprint density at radius 1 is 1.50 bits per heavy atom. The van der Waals surface area contributed by atoms with Gasteiger partial charge in [0, 0.05) is 0 Å². The minimum atomic E-state index is -1.40. The molecule has 0 aromatic rings. The molecule has 2 nitrogen and oxygen atoms in total. The molecular weight excluding hydrogens is 118 g/mol. The van der Waals surface area contributed by atoms with Crippen LogP contribution in [0, 0.1) is 11.3 Å². The first-order chi connectivity index (χ1) is 3.56. The van der Waals surface area contributed by atoms with Crippen molar-refractivity contribution in [3.63, 3.8) is 0 Å². The lowest BCUT2D eigenvalue weighted by Crippen LogP contribution is -2.25. The average Bonchev–Trinajstić information content (AvgIpc) is 1.59. The van der Waals surface area contributed by atoms with Gasteiger partial charge >= 0.3 is 0 Å². The molecule has 0 N–H and O–H groups in total. The number of nitrogens with zero attached hydrogens (tertiary/aromatic N) is 1. The first kappa shape index (κ1) is 7.67. The lowest BCUT2D eigenvalue weighted by atomic mass is 10.9. The summed E-state index contributed by atoms with van der Waals surface area (Å²) in [5.41, 5.74) is 0. The van der Waals surface area contributed by atoms with Crippen molar-refractivity contribution < 1.29 is 4.43 Å². The summed E-state index contributed by atoms with van der Waals surface area (Å²) in [5, 5.41) is 8.08. The monoisotopic (exact) mass is 129 g/mol. The summed E-state index contributed by atoms with van der Waals surface area (Å²) in [6.45, 7) is 6.43. The molecule has 0 radical (unpaired) electrons. The van der Waals surface area contributed by atoms with Crippen LogP contribution < -0.4 is 0 Å². The molecule has 0 atom stereocenters. The second-order valence-corrected chi connectivity index (χ2v) is 7.07. The molecule has 0 aliphatic carbocycles. The van der Waals surface area contributed by atoms with Crippen LogP contribution in [0.3, 0.4) is 0 Å². The lowest BCUT2D eigenvalue weighted by molar-refractivity contribution is 0.363. The molecule has 0 spiro atoms. The van der Waals surface area contributed by atoms with Crippen molar-refractivity contribution in [2.24, 2.45) is 0 Å². The Hall–Kier alpha value is -0.333. The van der Waals surface area contributed by atoms with Crippen LogP contribution in [-0.2, 0) is 4.43 Å². The molecule has 8 heavy (non-hydrogen) atoms. The SMILES string of the molecule is C[Si](C)(C)OCC#N. The summed E-state index contributed by atoms with van der Waals surface area (Å²) in [7, 11) is -1.40. The number of rotatable bonds is 2. The van der Waals surface area contributed by atoms with E-state index >= 15 is 0 Å². The van der Waals surface area contributed by atoms with E-state index in [1.807, 2.05) is 6.07 Å². The van der Waals surface area contributed by atoms with E-state index in [0.29, 0.717) is 0 Å². The minimum Gasteiger partial charge on any atom is -0.405 e. The number of hydrogen-bond acceptors (Lipinski definition) is 2. The van der Waals surface area contributed by atoms with Crippen molar-refractivity contribution >= 4 is 8.32 Å². The van der Waals surface area contributed by atoms with Crippen LogP contribution in [0.2, 0.25) is 19.6 Å². The second-order valence-electron chi connectivity index (χ2n) is 2.56. The largest absolute Gasteiger partial charge is 0.405 e. The molecule has 0 saturated heterocycles. The third kappa shape index (κ3) is 5.67. The highest BCUT2D eigenvalue weighted by atomic mass is 28.4. The molecule has 0 fully saturated rings. The molecule has 0 aromatic heterocycles. The third-order valence-electron chi connectivity index (χ3n) is 0.570. The van der Waals surface area contributed by atoms with Crippen molar-refractivity contribution in [2.75, 3.05) is 6.61 Å². The first-order valence-corrected chi connectivity index (χ1v) is 5.98. The molecule has 0 amide bonds. The van der Waals surface area contributed by atoms with E-state index in [-0.39, 0.29) is 6.61 Å². The van der Waals surface area contributed by atoms with Gasteiger partial charge in [-0.25, -0.2) is 0 Å². The van der Waals surface area contributed by atoms with Crippen molar-refractivity contribution in [1.29, 1.82) is 5.26 Å².